The third-order valence-electron chi connectivity index (χ3n) is 2.74. The third-order valence-corrected chi connectivity index (χ3v) is 4.58. The highest BCUT2D eigenvalue weighted by Gasteiger charge is 2.14. The van der Waals surface area contributed by atoms with Gasteiger partial charge in [-0.2, -0.15) is 0 Å². The van der Waals surface area contributed by atoms with E-state index in [0.717, 1.165) is 9.87 Å². The number of amides is 1. The number of hydrogen-bond acceptors (Lipinski definition) is 4. The SMILES string of the molecule is Cc1ccc(C(=O)NCCS(=O)(=O)N(C)C)cc1N. The van der Waals surface area contributed by atoms with Crippen molar-refractivity contribution < 1.29 is 13.2 Å². The van der Waals surface area contributed by atoms with Gasteiger partial charge in [-0.1, -0.05) is 6.07 Å². The molecule has 0 aromatic heterocycles. The summed E-state index contributed by atoms with van der Waals surface area (Å²) >= 11 is 0. The molecular weight excluding hydrogens is 266 g/mol. The van der Waals surface area contributed by atoms with Crippen molar-refractivity contribution in [2.24, 2.45) is 0 Å². The molecular formula is C12H19N3O3S. The van der Waals surface area contributed by atoms with Gasteiger partial charge in [0.15, 0.2) is 0 Å². The van der Waals surface area contributed by atoms with E-state index < -0.39 is 10.0 Å². The first-order chi connectivity index (χ1) is 8.74. The minimum Gasteiger partial charge on any atom is -0.398 e. The van der Waals surface area contributed by atoms with Crippen LogP contribution in [0.5, 0.6) is 0 Å². The Bertz CT molecular complexity index is 568. The van der Waals surface area contributed by atoms with Gasteiger partial charge < -0.3 is 11.1 Å². The van der Waals surface area contributed by atoms with Gasteiger partial charge >= 0.3 is 0 Å². The van der Waals surface area contributed by atoms with E-state index in [-0.39, 0.29) is 18.2 Å². The van der Waals surface area contributed by atoms with Crippen LogP contribution in [0.3, 0.4) is 0 Å². The van der Waals surface area contributed by atoms with Crippen molar-refractivity contribution in [1.29, 1.82) is 0 Å². The molecule has 0 spiro atoms. The lowest BCUT2D eigenvalue weighted by molar-refractivity contribution is 0.0956. The highest BCUT2D eigenvalue weighted by molar-refractivity contribution is 7.89. The summed E-state index contributed by atoms with van der Waals surface area (Å²) in [7, 11) is -0.385. The standard InChI is InChI=1S/C12H19N3O3S/c1-9-4-5-10(8-11(9)13)12(16)14-6-7-19(17,18)15(2)3/h4-5,8H,6-7,13H2,1-3H3,(H,14,16). The molecule has 1 aromatic carbocycles. The number of anilines is 1. The molecule has 0 bridgehead atoms. The number of benzene rings is 1. The molecule has 106 valence electrons. The molecule has 0 heterocycles. The molecule has 0 aliphatic heterocycles. The topological polar surface area (TPSA) is 92.5 Å². The summed E-state index contributed by atoms with van der Waals surface area (Å²) in [6.45, 7) is 1.91. The number of nitrogen functional groups attached to an aromatic ring is 1. The Morgan fingerprint density at radius 1 is 1.37 bits per heavy atom. The van der Waals surface area contributed by atoms with Crippen molar-refractivity contribution in [2.75, 3.05) is 32.1 Å². The van der Waals surface area contributed by atoms with Gasteiger partial charge in [-0.05, 0) is 24.6 Å². The molecule has 0 radical (unpaired) electrons. The molecule has 0 saturated heterocycles. The molecule has 0 atom stereocenters. The van der Waals surface area contributed by atoms with E-state index in [9.17, 15) is 13.2 Å². The van der Waals surface area contributed by atoms with Crippen LogP contribution in [-0.4, -0.2) is 45.0 Å². The van der Waals surface area contributed by atoms with E-state index in [1.54, 1.807) is 18.2 Å². The summed E-state index contributed by atoms with van der Waals surface area (Å²) in [4.78, 5) is 11.8. The van der Waals surface area contributed by atoms with E-state index in [1.807, 2.05) is 6.92 Å². The first-order valence-electron chi connectivity index (χ1n) is 5.78. The minimum atomic E-state index is -3.30. The zero-order chi connectivity index (χ0) is 14.6. The van der Waals surface area contributed by atoms with Crippen LogP contribution in [0.15, 0.2) is 18.2 Å². The zero-order valence-electron chi connectivity index (χ0n) is 11.3. The maximum atomic E-state index is 11.8. The molecule has 19 heavy (non-hydrogen) atoms. The van der Waals surface area contributed by atoms with Crippen molar-refractivity contribution in [3.05, 3.63) is 29.3 Å². The van der Waals surface area contributed by atoms with Gasteiger partial charge in [-0.25, -0.2) is 12.7 Å². The highest BCUT2D eigenvalue weighted by atomic mass is 32.2. The summed E-state index contributed by atoms with van der Waals surface area (Å²) < 4.78 is 24.1. The van der Waals surface area contributed by atoms with E-state index in [1.165, 1.54) is 14.1 Å². The molecule has 0 saturated carbocycles. The molecule has 0 unspecified atom stereocenters. The maximum Gasteiger partial charge on any atom is 0.251 e. The highest BCUT2D eigenvalue weighted by Crippen LogP contribution is 2.12. The third kappa shape index (κ3) is 4.22. The van der Waals surface area contributed by atoms with Gasteiger partial charge in [0.05, 0.1) is 5.75 Å². The number of nitrogens with zero attached hydrogens (tertiary/aromatic N) is 1. The second-order valence-electron chi connectivity index (χ2n) is 4.43. The molecule has 1 rings (SSSR count). The van der Waals surface area contributed by atoms with Crippen molar-refractivity contribution in [3.8, 4) is 0 Å². The van der Waals surface area contributed by atoms with Crippen LogP contribution < -0.4 is 11.1 Å². The number of carbonyl (C=O) groups excluding carboxylic acids is 1. The first kappa shape index (κ1) is 15.5. The number of sulfonamides is 1. The van der Waals surface area contributed by atoms with E-state index in [0.29, 0.717) is 11.3 Å². The number of nitrogens with one attached hydrogen (secondary N) is 1. The monoisotopic (exact) mass is 285 g/mol. The Kier molecular flexibility index (Phi) is 4.90. The summed E-state index contributed by atoms with van der Waals surface area (Å²) in [5.74, 6) is -0.465. The Labute approximate surface area is 113 Å². The molecule has 0 aliphatic rings. The van der Waals surface area contributed by atoms with Gasteiger partial charge in [0, 0.05) is 31.9 Å². The van der Waals surface area contributed by atoms with Crippen LogP contribution in [0.25, 0.3) is 0 Å². The second-order valence-corrected chi connectivity index (χ2v) is 6.73. The number of nitrogens with two attached hydrogens (primary N) is 1. The molecule has 1 aromatic rings. The lowest BCUT2D eigenvalue weighted by Gasteiger charge is -2.11. The lowest BCUT2D eigenvalue weighted by Crippen LogP contribution is -2.33. The van der Waals surface area contributed by atoms with Gasteiger partial charge in [0.1, 0.15) is 0 Å². The van der Waals surface area contributed by atoms with Gasteiger partial charge in [-0.3, -0.25) is 4.79 Å². The average Bonchev–Trinajstić information content (AvgIpc) is 2.32. The molecule has 0 aliphatic carbocycles. The van der Waals surface area contributed by atoms with Crippen LogP contribution in [0.2, 0.25) is 0 Å². The predicted molar refractivity (Wildman–Crippen MR) is 75.4 cm³/mol. The maximum absolute atomic E-state index is 11.8. The van der Waals surface area contributed by atoms with Crippen LogP contribution in [0.4, 0.5) is 5.69 Å². The predicted octanol–water partition coefficient (Wildman–Crippen LogP) is 0.198. The Morgan fingerprint density at radius 2 is 2.00 bits per heavy atom. The Balaban J connectivity index is 2.59. The van der Waals surface area contributed by atoms with Gasteiger partial charge in [0.2, 0.25) is 10.0 Å². The Hall–Kier alpha value is -1.60. The van der Waals surface area contributed by atoms with Crippen LogP contribution in [0, 0.1) is 6.92 Å². The molecule has 0 fully saturated rings. The summed E-state index contributed by atoms with van der Waals surface area (Å²) in [6.07, 6.45) is 0. The van der Waals surface area contributed by atoms with Crippen molar-refractivity contribution in [1.82, 2.24) is 9.62 Å². The van der Waals surface area contributed by atoms with Crippen LogP contribution >= 0.6 is 0 Å². The molecule has 6 nitrogen and oxygen atoms in total. The summed E-state index contributed by atoms with van der Waals surface area (Å²) in [6, 6.07) is 4.98. The largest absolute Gasteiger partial charge is 0.398 e. The normalized spacial score (nSPS) is 11.6. The van der Waals surface area contributed by atoms with Crippen molar-refractivity contribution >= 4 is 21.6 Å². The molecule has 1 amide bonds. The zero-order valence-corrected chi connectivity index (χ0v) is 12.1. The van der Waals surface area contributed by atoms with Gasteiger partial charge in [-0.15, -0.1) is 0 Å². The quantitative estimate of drug-likeness (QED) is 0.756. The summed E-state index contributed by atoms with van der Waals surface area (Å²) in [5, 5.41) is 2.56. The number of rotatable bonds is 5. The number of aryl methyl sites for hydroxylation is 1. The molecule has 3 N–H and O–H groups in total. The smallest absolute Gasteiger partial charge is 0.251 e. The first-order valence-corrected chi connectivity index (χ1v) is 7.39. The van der Waals surface area contributed by atoms with Crippen molar-refractivity contribution in [2.45, 2.75) is 6.92 Å². The summed E-state index contributed by atoms with van der Waals surface area (Å²) in [5.41, 5.74) is 7.57. The Morgan fingerprint density at radius 3 is 2.53 bits per heavy atom. The van der Waals surface area contributed by atoms with E-state index >= 15 is 0 Å². The fourth-order valence-corrected chi connectivity index (χ4v) is 2.09. The van der Waals surface area contributed by atoms with E-state index in [4.69, 9.17) is 5.73 Å². The lowest BCUT2D eigenvalue weighted by atomic mass is 10.1. The van der Waals surface area contributed by atoms with Crippen LogP contribution in [0.1, 0.15) is 15.9 Å². The molecule has 7 heteroatoms. The number of hydrogen-bond donors (Lipinski definition) is 2. The van der Waals surface area contributed by atoms with E-state index in [2.05, 4.69) is 5.32 Å². The van der Waals surface area contributed by atoms with Gasteiger partial charge in [0.25, 0.3) is 5.91 Å². The van der Waals surface area contributed by atoms with Crippen molar-refractivity contribution in [3.63, 3.8) is 0 Å². The second kappa shape index (κ2) is 6.03. The number of carbonyl (C=O) groups is 1. The fraction of sp³-hybridized carbons (Fsp3) is 0.417. The fourth-order valence-electron chi connectivity index (χ4n) is 1.36. The van der Waals surface area contributed by atoms with Crippen LogP contribution in [-0.2, 0) is 10.0 Å². The minimum absolute atomic E-state index is 0.0626. The average molecular weight is 285 g/mol.